The van der Waals surface area contributed by atoms with E-state index in [4.69, 9.17) is 11.6 Å². The molecule has 0 fully saturated rings. The molecule has 0 saturated carbocycles. The molecule has 1 atom stereocenters. The summed E-state index contributed by atoms with van der Waals surface area (Å²) in [6.07, 6.45) is 11.9. The van der Waals surface area contributed by atoms with Gasteiger partial charge in [-0.2, -0.15) is 0 Å². The Kier molecular flexibility index (Phi) is 11.1. The molecule has 162 valence electrons. The van der Waals surface area contributed by atoms with Crippen molar-refractivity contribution in [2.24, 2.45) is 4.99 Å². The summed E-state index contributed by atoms with van der Waals surface area (Å²) in [7, 11) is 0. The van der Waals surface area contributed by atoms with Crippen molar-refractivity contribution in [2.75, 3.05) is 0 Å². The molecule has 1 aromatic rings. The lowest BCUT2D eigenvalue weighted by Gasteiger charge is -2.28. The molecule has 0 aliphatic rings. The van der Waals surface area contributed by atoms with Crippen molar-refractivity contribution in [2.45, 2.75) is 98.8 Å². The molecular weight excluding hydrogens is 398 g/mol. The third-order valence-corrected chi connectivity index (χ3v) is 7.34. The number of carbonyl (C=O) groups is 1. The number of allylic oxidation sites excluding steroid dienone is 3. The van der Waals surface area contributed by atoms with Crippen LogP contribution in [0.25, 0.3) is 0 Å². The number of hydrogen-bond donors (Lipinski definition) is 0. The summed E-state index contributed by atoms with van der Waals surface area (Å²) in [6.45, 7) is 14.5. The maximum absolute atomic E-state index is 12.5. The van der Waals surface area contributed by atoms with E-state index >= 15 is 0 Å². The van der Waals surface area contributed by atoms with E-state index in [1.807, 2.05) is 39.0 Å². The van der Waals surface area contributed by atoms with E-state index in [1.54, 1.807) is 18.3 Å². The average molecular weight is 436 g/mol. The van der Waals surface area contributed by atoms with Crippen molar-refractivity contribution in [1.29, 1.82) is 0 Å². The van der Waals surface area contributed by atoms with E-state index in [2.05, 4.69) is 25.8 Å². The molecule has 0 saturated heterocycles. The van der Waals surface area contributed by atoms with Crippen LogP contribution in [0.3, 0.4) is 0 Å². The van der Waals surface area contributed by atoms with Gasteiger partial charge in [-0.1, -0.05) is 71.1 Å². The normalized spacial score (nSPS) is 15.5. The van der Waals surface area contributed by atoms with Gasteiger partial charge in [0.25, 0.3) is 0 Å². The van der Waals surface area contributed by atoms with E-state index in [0.717, 1.165) is 41.0 Å². The van der Waals surface area contributed by atoms with Gasteiger partial charge in [-0.15, -0.1) is 11.3 Å². The molecule has 0 aliphatic heterocycles. The highest BCUT2D eigenvalue weighted by Gasteiger charge is 2.31. The van der Waals surface area contributed by atoms with Crippen molar-refractivity contribution < 1.29 is 4.79 Å². The smallest absolute Gasteiger partial charge is 0.160 e. The number of unbranched alkanes of at least 4 members (excludes halogenated alkanes) is 3. The predicted molar refractivity (Wildman–Crippen MR) is 131 cm³/mol. The topological polar surface area (TPSA) is 29.4 Å². The van der Waals surface area contributed by atoms with Crippen LogP contribution in [0.15, 0.2) is 33.9 Å². The second-order valence-electron chi connectivity index (χ2n) is 8.00. The largest absolute Gasteiger partial charge is 0.294 e. The highest BCUT2D eigenvalue weighted by atomic mass is 35.5. The number of ketones is 1. The highest BCUT2D eigenvalue weighted by molar-refractivity contribution is 7.14. The number of Topliss-reactive ketones (excluding diaryl/α,β-unsaturated/α-hetero) is 1. The fraction of sp³-hybridized carbons (Fsp3) is 0.600. The monoisotopic (exact) mass is 435 g/mol. The number of carbonyl (C=O) groups excluding carboxylic acids is 1. The Balaban J connectivity index is 3.48. The molecule has 1 aromatic heterocycles. The van der Waals surface area contributed by atoms with Gasteiger partial charge in [0.1, 0.15) is 5.16 Å². The van der Waals surface area contributed by atoms with E-state index in [9.17, 15) is 4.79 Å². The zero-order valence-corrected chi connectivity index (χ0v) is 20.9. The van der Waals surface area contributed by atoms with Gasteiger partial charge in [-0.25, -0.2) is 4.99 Å². The van der Waals surface area contributed by atoms with Crippen molar-refractivity contribution in [3.05, 3.63) is 44.3 Å². The van der Waals surface area contributed by atoms with Crippen molar-refractivity contribution in [3.8, 4) is 0 Å². The van der Waals surface area contributed by atoms with Gasteiger partial charge in [0.15, 0.2) is 5.78 Å². The molecule has 0 amide bonds. The van der Waals surface area contributed by atoms with Gasteiger partial charge in [0.2, 0.25) is 0 Å². The van der Waals surface area contributed by atoms with E-state index < -0.39 is 0 Å². The van der Waals surface area contributed by atoms with Crippen LogP contribution >= 0.6 is 22.9 Å². The van der Waals surface area contributed by atoms with Crippen LogP contribution in [0.2, 0.25) is 0 Å². The van der Waals surface area contributed by atoms with Crippen LogP contribution in [0, 0.1) is 0 Å². The van der Waals surface area contributed by atoms with E-state index in [0.29, 0.717) is 5.16 Å². The van der Waals surface area contributed by atoms with Crippen LogP contribution in [0.4, 0.5) is 0 Å². The van der Waals surface area contributed by atoms with E-state index in [1.165, 1.54) is 30.6 Å². The van der Waals surface area contributed by atoms with Gasteiger partial charge in [0, 0.05) is 15.9 Å². The summed E-state index contributed by atoms with van der Waals surface area (Å²) >= 11 is 8.05. The molecule has 0 aromatic carbocycles. The van der Waals surface area contributed by atoms with Gasteiger partial charge >= 0.3 is 0 Å². The number of hydrogen-bond acceptors (Lipinski definition) is 3. The second kappa shape index (κ2) is 12.5. The lowest BCUT2D eigenvalue weighted by Crippen LogP contribution is -2.21. The molecule has 1 unspecified atom stereocenters. The van der Waals surface area contributed by atoms with Gasteiger partial charge < -0.3 is 0 Å². The summed E-state index contributed by atoms with van der Waals surface area (Å²) in [5, 5.41) is 0.501. The van der Waals surface area contributed by atoms with Crippen LogP contribution < -0.4 is 0 Å². The molecule has 1 heterocycles. The number of nitrogens with zero attached hydrogens (tertiary/aromatic N) is 1. The molecule has 0 radical (unpaired) electrons. The molecular formula is C25H38ClNOS. The summed E-state index contributed by atoms with van der Waals surface area (Å²) in [5.74, 6) is 0.128. The quantitative estimate of drug-likeness (QED) is 0.139. The zero-order chi connectivity index (χ0) is 22.0. The molecule has 0 bridgehead atoms. The van der Waals surface area contributed by atoms with Gasteiger partial charge in [-0.05, 0) is 57.7 Å². The first-order valence-corrected chi connectivity index (χ1v) is 12.2. The average Bonchev–Trinajstić information content (AvgIpc) is 3.15. The van der Waals surface area contributed by atoms with Crippen LogP contribution in [-0.2, 0) is 5.41 Å². The fourth-order valence-electron chi connectivity index (χ4n) is 3.41. The highest BCUT2D eigenvalue weighted by Crippen LogP contribution is 2.41. The van der Waals surface area contributed by atoms with Gasteiger partial charge in [0.05, 0.1) is 10.6 Å². The predicted octanol–water partition coefficient (Wildman–Crippen LogP) is 8.83. The number of aliphatic imine (C=N–C) groups is 1. The Bertz CT molecular complexity index is 772. The third-order valence-electron chi connectivity index (χ3n) is 5.65. The minimum atomic E-state index is 0.00958. The van der Waals surface area contributed by atoms with Crippen molar-refractivity contribution in [1.82, 2.24) is 0 Å². The minimum Gasteiger partial charge on any atom is -0.294 e. The van der Waals surface area contributed by atoms with Gasteiger partial charge in [-0.3, -0.25) is 4.79 Å². The first-order chi connectivity index (χ1) is 13.7. The first kappa shape index (κ1) is 25.8. The Morgan fingerprint density at radius 1 is 1.21 bits per heavy atom. The standard InChI is InChI=1S/C25H38ClNOS/c1-8-12-13-14-16-25(7,11-4)24-20(19(6)28)17-21(29-24)23(18(5)10-3)27-22(26)15-9-2/h10,15,17H,8-9,11-14,16H2,1-7H3/b18-10-,22-15+,27-23+. The fourth-order valence-corrected chi connectivity index (χ4v) is 5.15. The van der Waals surface area contributed by atoms with Crippen molar-refractivity contribution >= 4 is 34.4 Å². The lowest BCUT2D eigenvalue weighted by molar-refractivity contribution is 0.101. The lowest BCUT2D eigenvalue weighted by atomic mass is 9.78. The maximum Gasteiger partial charge on any atom is 0.160 e. The molecule has 0 N–H and O–H groups in total. The second-order valence-corrected chi connectivity index (χ2v) is 9.44. The third kappa shape index (κ3) is 7.22. The number of halogens is 1. The van der Waals surface area contributed by atoms with E-state index in [-0.39, 0.29) is 11.2 Å². The Morgan fingerprint density at radius 3 is 2.41 bits per heavy atom. The Morgan fingerprint density at radius 2 is 1.90 bits per heavy atom. The summed E-state index contributed by atoms with van der Waals surface area (Å²) in [6, 6.07) is 2.03. The Hall–Kier alpha value is -1.19. The summed E-state index contributed by atoms with van der Waals surface area (Å²) in [5.41, 5.74) is 2.79. The van der Waals surface area contributed by atoms with Crippen LogP contribution in [0.5, 0.6) is 0 Å². The minimum absolute atomic E-state index is 0.00958. The summed E-state index contributed by atoms with van der Waals surface area (Å²) < 4.78 is 0. The SMILES string of the molecule is C\C=C(C)/C(=N\C(Cl)=C\CC)c1cc(C(C)=O)c(C(C)(CC)CCCCCC)s1. The molecule has 0 aliphatic carbocycles. The molecule has 2 nitrogen and oxygen atoms in total. The van der Waals surface area contributed by atoms with Crippen LogP contribution in [-0.4, -0.2) is 11.5 Å². The van der Waals surface area contributed by atoms with Crippen molar-refractivity contribution in [3.63, 3.8) is 0 Å². The van der Waals surface area contributed by atoms with Crippen LogP contribution in [0.1, 0.15) is 114 Å². The first-order valence-electron chi connectivity index (χ1n) is 11.0. The number of rotatable bonds is 12. The Labute approximate surface area is 187 Å². The molecule has 29 heavy (non-hydrogen) atoms. The molecule has 1 rings (SSSR count). The zero-order valence-electron chi connectivity index (χ0n) is 19.3. The maximum atomic E-state index is 12.5. The molecule has 0 spiro atoms. The molecule has 4 heteroatoms. The summed E-state index contributed by atoms with van der Waals surface area (Å²) in [4.78, 5) is 19.4. The number of thiophene rings is 1.